The van der Waals surface area contributed by atoms with Crippen LogP contribution in [0.2, 0.25) is 0 Å². The number of nitrogens with one attached hydrogen (secondary N) is 1. The molecule has 1 aromatic carbocycles. The maximum Gasteiger partial charge on any atom is 0.407 e. The first-order chi connectivity index (χ1) is 9.06. The number of benzene rings is 1. The van der Waals surface area contributed by atoms with Gasteiger partial charge in [-0.25, -0.2) is 4.79 Å². The molecular weight excluding hydrogens is 316 g/mol. The van der Waals surface area contributed by atoms with Crippen molar-refractivity contribution in [1.82, 2.24) is 5.32 Å². The van der Waals surface area contributed by atoms with Gasteiger partial charge in [0.25, 0.3) is 11.7 Å². The fourth-order valence-corrected chi connectivity index (χ4v) is 2.55. The molecule has 0 radical (unpaired) electrons. The Morgan fingerprint density at radius 3 is 2.84 bits per heavy atom. The van der Waals surface area contributed by atoms with E-state index in [0.717, 1.165) is 4.47 Å². The van der Waals surface area contributed by atoms with Crippen LogP contribution in [0.3, 0.4) is 0 Å². The summed E-state index contributed by atoms with van der Waals surface area (Å²) in [5.41, 5.74) is 0.929. The number of hydrogen-bond acceptors (Lipinski definition) is 4. The first kappa shape index (κ1) is 12.2. The molecule has 1 aromatic rings. The topological polar surface area (TPSA) is 75.7 Å². The molecule has 7 heteroatoms. The molecule has 2 aliphatic heterocycles. The SMILES string of the molecule is O=C1NCC(CN2C(=O)C(=O)c3cc(Br)ccc32)O1. The van der Waals surface area contributed by atoms with Crippen LogP contribution in [0, 0.1) is 0 Å². The Morgan fingerprint density at radius 1 is 1.37 bits per heavy atom. The van der Waals surface area contributed by atoms with Crippen LogP contribution >= 0.6 is 15.9 Å². The molecule has 1 atom stereocenters. The first-order valence-electron chi connectivity index (χ1n) is 5.66. The lowest BCUT2D eigenvalue weighted by molar-refractivity contribution is -0.114. The maximum atomic E-state index is 11.9. The number of ether oxygens (including phenoxy) is 1. The zero-order chi connectivity index (χ0) is 13.6. The van der Waals surface area contributed by atoms with Gasteiger partial charge in [0.1, 0.15) is 6.10 Å². The zero-order valence-electron chi connectivity index (χ0n) is 9.68. The average molecular weight is 325 g/mol. The largest absolute Gasteiger partial charge is 0.442 e. The second kappa shape index (κ2) is 4.34. The second-order valence-corrected chi connectivity index (χ2v) is 5.23. The Morgan fingerprint density at radius 2 is 2.16 bits per heavy atom. The monoisotopic (exact) mass is 324 g/mol. The number of hydrogen-bond donors (Lipinski definition) is 1. The highest BCUT2D eigenvalue weighted by Crippen LogP contribution is 2.31. The van der Waals surface area contributed by atoms with E-state index < -0.39 is 23.9 Å². The van der Waals surface area contributed by atoms with E-state index in [1.807, 2.05) is 0 Å². The highest BCUT2D eigenvalue weighted by Gasteiger charge is 2.38. The van der Waals surface area contributed by atoms with Crippen molar-refractivity contribution in [2.75, 3.05) is 18.0 Å². The standard InChI is InChI=1S/C12H9BrN2O4/c13-6-1-2-9-8(3-6)10(16)11(17)15(9)5-7-4-14-12(18)19-7/h1-3,7H,4-5H2,(H,14,18). The van der Waals surface area contributed by atoms with E-state index in [-0.39, 0.29) is 6.54 Å². The lowest BCUT2D eigenvalue weighted by Crippen LogP contribution is -2.38. The Hall–Kier alpha value is -1.89. The molecule has 1 unspecified atom stereocenters. The van der Waals surface area contributed by atoms with E-state index in [2.05, 4.69) is 21.2 Å². The number of alkyl carbamates (subject to hydrolysis) is 1. The van der Waals surface area contributed by atoms with Crippen LogP contribution in [-0.2, 0) is 9.53 Å². The van der Waals surface area contributed by atoms with E-state index in [0.29, 0.717) is 17.8 Å². The number of carbonyl (C=O) groups excluding carboxylic acids is 3. The third-order valence-electron chi connectivity index (χ3n) is 3.07. The zero-order valence-corrected chi connectivity index (χ0v) is 11.3. The van der Waals surface area contributed by atoms with Gasteiger partial charge in [0, 0.05) is 4.47 Å². The van der Waals surface area contributed by atoms with E-state index in [4.69, 9.17) is 4.74 Å². The summed E-state index contributed by atoms with van der Waals surface area (Å²) in [5, 5.41) is 2.51. The Kier molecular flexibility index (Phi) is 2.78. The molecule has 0 aromatic heterocycles. The summed E-state index contributed by atoms with van der Waals surface area (Å²) in [6.07, 6.45) is -0.933. The number of carbonyl (C=O) groups is 3. The molecule has 98 valence electrons. The summed E-state index contributed by atoms with van der Waals surface area (Å²) in [5.74, 6) is -1.12. The Bertz CT molecular complexity index is 601. The third kappa shape index (κ3) is 1.99. The number of Topliss-reactive ketones (excluding diaryl/α,β-unsaturated/α-hetero) is 1. The van der Waals surface area contributed by atoms with Crippen molar-refractivity contribution in [2.45, 2.75) is 6.10 Å². The van der Waals surface area contributed by atoms with Gasteiger partial charge in [-0.15, -0.1) is 0 Å². The van der Waals surface area contributed by atoms with Gasteiger partial charge in [-0.3, -0.25) is 9.59 Å². The fourth-order valence-electron chi connectivity index (χ4n) is 2.19. The minimum absolute atomic E-state index is 0.179. The number of rotatable bonds is 2. The van der Waals surface area contributed by atoms with Crippen LogP contribution in [0.15, 0.2) is 22.7 Å². The van der Waals surface area contributed by atoms with Crippen LogP contribution in [-0.4, -0.2) is 37.0 Å². The van der Waals surface area contributed by atoms with E-state index in [1.165, 1.54) is 4.90 Å². The number of halogens is 1. The molecule has 6 nitrogen and oxygen atoms in total. The molecule has 2 heterocycles. The van der Waals surface area contributed by atoms with Gasteiger partial charge in [-0.2, -0.15) is 0 Å². The van der Waals surface area contributed by atoms with Gasteiger partial charge in [0.2, 0.25) is 0 Å². The van der Waals surface area contributed by atoms with Gasteiger partial charge >= 0.3 is 6.09 Å². The Labute approximate surface area is 116 Å². The molecular formula is C12H9BrN2O4. The van der Waals surface area contributed by atoms with Crippen LogP contribution in [0.1, 0.15) is 10.4 Å². The molecule has 0 aliphatic carbocycles. The number of nitrogens with zero attached hydrogens (tertiary/aromatic N) is 1. The average Bonchev–Trinajstić information content (AvgIpc) is 2.88. The summed E-state index contributed by atoms with van der Waals surface area (Å²) in [6.45, 7) is 0.514. The van der Waals surface area contributed by atoms with Crippen molar-refractivity contribution in [1.29, 1.82) is 0 Å². The maximum absolute atomic E-state index is 11.9. The summed E-state index contributed by atoms with van der Waals surface area (Å²) in [4.78, 5) is 36.1. The smallest absolute Gasteiger partial charge is 0.407 e. The van der Waals surface area contributed by atoms with Crippen molar-refractivity contribution in [2.24, 2.45) is 0 Å². The summed E-state index contributed by atoms with van der Waals surface area (Å²) in [7, 11) is 0. The third-order valence-corrected chi connectivity index (χ3v) is 3.56. The molecule has 2 aliphatic rings. The van der Waals surface area contributed by atoms with Gasteiger partial charge in [-0.05, 0) is 18.2 Å². The normalized spacial score (nSPS) is 21.4. The molecule has 0 bridgehead atoms. The van der Waals surface area contributed by atoms with Gasteiger partial charge in [0.05, 0.1) is 24.3 Å². The number of fused-ring (bicyclic) bond motifs is 1. The van der Waals surface area contributed by atoms with Gasteiger partial charge < -0.3 is 15.0 Å². The summed E-state index contributed by atoms with van der Waals surface area (Å²) < 4.78 is 5.72. The molecule has 1 N–H and O–H groups in total. The summed E-state index contributed by atoms with van der Waals surface area (Å²) in [6, 6.07) is 5.08. The lowest BCUT2D eigenvalue weighted by Gasteiger charge is -2.19. The predicted octanol–water partition coefficient (Wildman–Crippen LogP) is 1.09. The molecule has 19 heavy (non-hydrogen) atoms. The van der Waals surface area contributed by atoms with Gasteiger partial charge in [0.15, 0.2) is 0 Å². The van der Waals surface area contributed by atoms with Crippen LogP contribution in [0.25, 0.3) is 0 Å². The Balaban J connectivity index is 1.89. The lowest BCUT2D eigenvalue weighted by atomic mass is 10.1. The molecule has 1 fully saturated rings. The van der Waals surface area contributed by atoms with E-state index in [1.54, 1.807) is 18.2 Å². The van der Waals surface area contributed by atoms with Gasteiger partial charge in [-0.1, -0.05) is 15.9 Å². The molecule has 0 saturated carbocycles. The van der Waals surface area contributed by atoms with Crippen molar-refractivity contribution >= 4 is 39.4 Å². The second-order valence-electron chi connectivity index (χ2n) is 4.31. The highest BCUT2D eigenvalue weighted by molar-refractivity contribution is 9.10. The predicted molar refractivity (Wildman–Crippen MR) is 69.1 cm³/mol. The van der Waals surface area contributed by atoms with Crippen molar-refractivity contribution in [3.05, 3.63) is 28.2 Å². The minimum atomic E-state index is -0.587. The number of amides is 2. The van der Waals surface area contributed by atoms with E-state index >= 15 is 0 Å². The van der Waals surface area contributed by atoms with Crippen LogP contribution < -0.4 is 10.2 Å². The summed E-state index contributed by atoms with van der Waals surface area (Å²) >= 11 is 3.27. The molecule has 0 spiro atoms. The van der Waals surface area contributed by atoms with E-state index in [9.17, 15) is 14.4 Å². The number of anilines is 1. The van der Waals surface area contributed by atoms with Crippen molar-refractivity contribution in [3.8, 4) is 0 Å². The minimum Gasteiger partial charge on any atom is -0.442 e. The first-order valence-corrected chi connectivity index (χ1v) is 6.46. The quantitative estimate of drug-likeness (QED) is 0.826. The number of cyclic esters (lactones) is 1. The van der Waals surface area contributed by atoms with Crippen molar-refractivity contribution in [3.63, 3.8) is 0 Å². The highest BCUT2D eigenvalue weighted by atomic mass is 79.9. The van der Waals surface area contributed by atoms with Crippen molar-refractivity contribution < 1.29 is 19.1 Å². The fraction of sp³-hybridized carbons (Fsp3) is 0.250. The van der Waals surface area contributed by atoms with Crippen LogP contribution in [0.5, 0.6) is 0 Å². The van der Waals surface area contributed by atoms with Crippen LogP contribution in [0.4, 0.5) is 10.5 Å². The molecule has 3 rings (SSSR count). The number of ketones is 1. The molecule has 1 saturated heterocycles. The molecule has 2 amide bonds.